The van der Waals surface area contributed by atoms with Gasteiger partial charge in [0, 0.05) is 29.7 Å². The summed E-state index contributed by atoms with van der Waals surface area (Å²) in [6, 6.07) is 3.83. The van der Waals surface area contributed by atoms with Gasteiger partial charge in [-0.2, -0.15) is 0 Å². The van der Waals surface area contributed by atoms with E-state index in [-0.39, 0.29) is 29.2 Å². The normalized spacial score (nSPS) is 26.1. The Morgan fingerprint density at radius 2 is 1.95 bits per heavy atom. The Morgan fingerprint density at radius 3 is 2.45 bits per heavy atom. The highest BCUT2D eigenvalue weighted by atomic mass is 19.1. The smallest absolute Gasteiger partial charge is 0.130 e. The number of halogens is 2. The molecule has 112 valence electrons. The van der Waals surface area contributed by atoms with Crippen LogP contribution in [0.5, 0.6) is 0 Å². The summed E-state index contributed by atoms with van der Waals surface area (Å²) in [4.78, 5) is 0. The molecule has 0 spiro atoms. The maximum absolute atomic E-state index is 13.8. The van der Waals surface area contributed by atoms with Gasteiger partial charge >= 0.3 is 0 Å². The summed E-state index contributed by atoms with van der Waals surface area (Å²) in [6.45, 7) is 8.72. The lowest BCUT2D eigenvalue weighted by Gasteiger charge is -2.52. The van der Waals surface area contributed by atoms with Crippen molar-refractivity contribution >= 4 is 0 Å². The molecule has 4 heteroatoms. The van der Waals surface area contributed by atoms with E-state index in [9.17, 15) is 8.78 Å². The lowest BCUT2D eigenvalue weighted by molar-refractivity contribution is -0.116. The Balaban J connectivity index is 2.05. The van der Waals surface area contributed by atoms with Crippen LogP contribution in [0.4, 0.5) is 8.78 Å². The first-order chi connectivity index (χ1) is 9.37. The van der Waals surface area contributed by atoms with Crippen molar-refractivity contribution < 1.29 is 13.5 Å². The first kappa shape index (κ1) is 15.4. The average Bonchev–Trinajstić information content (AvgIpc) is 2.37. The van der Waals surface area contributed by atoms with Crippen molar-refractivity contribution in [2.75, 3.05) is 6.61 Å². The highest BCUT2D eigenvalue weighted by molar-refractivity contribution is 5.23. The Bertz CT molecular complexity index is 455. The number of hydrogen-bond acceptors (Lipinski definition) is 2. The van der Waals surface area contributed by atoms with E-state index in [1.165, 1.54) is 18.2 Å². The first-order valence-corrected chi connectivity index (χ1v) is 7.19. The molecule has 1 saturated carbocycles. The van der Waals surface area contributed by atoms with Gasteiger partial charge in [0.2, 0.25) is 0 Å². The van der Waals surface area contributed by atoms with Crippen molar-refractivity contribution in [3.05, 3.63) is 35.4 Å². The fourth-order valence-corrected chi connectivity index (χ4v) is 2.96. The Labute approximate surface area is 119 Å². The van der Waals surface area contributed by atoms with Crippen LogP contribution < -0.4 is 5.32 Å². The zero-order chi connectivity index (χ0) is 14.9. The molecular formula is C16H23F2NO. The van der Waals surface area contributed by atoms with Crippen LogP contribution >= 0.6 is 0 Å². The largest absolute Gasteiger partial charge is 0.378 e. The van der Waals surface area contributed by atoms with Gasteiger partial charge in [-0.05, 0) is 32.4 Å². The van der Waals surface area contributed by atoms with Gasteiger partial charge in [0.1, 0.15) is 11.6 Å². The number of rotatable bonds is 5. The van der Waals surface area contributed by atoms with Crippen LogP contribution in [0, 0.1) is 17.0 Å². The second kappa shape index (κ2) is 5.78. The molecule has 0 bridgehead atoms. The fourth-order valence-electron chi connectivity index (χ4n) is 2.96. The molecule has 2 rings (SSSR count). The second-order valence-corrected chi connectivity index (χ2v) is 6.08. The summed E-state index contributed by atoms with van der Waals surface area (Å²) < 4.78 is 33.2. The molecule has 3 unspecified atom stereocenters. The lowest BCUT2D eigenvalue weighted by atomic mass is 9.64. The lowest BCUT2D eigenvalue weighted by Crippen LogP contribution is -2.61. The van der Waals surface area contributed by atoms with Crippen molar-refractivity contribution in [3.8, 4) is 0 Å². The van der Waals surface area contributed by atoms with Crippen molar-refractivity contribution in [1.29, 1.82) is 0 Å². The van der Waals surface area contributed by atoms with Gasteiger partial charge in [-0.1, -0.05) is 19.9 Å². The summed E-state index contributed by atoms with van der Waals surface area (Å²) in [5, 5.41) is 3.33. The van der Waals surface area contributed by atoms with Crippen LogP contribution in [0.15, 0.2) is 18.2 Å². The van der Waals surface area contributed by atoms with Gasteiger partial charge in [0.25, 0.3) is 0 Å². The zero-order valence-electron chi connectivity index (χ0n) is 12.5. The van der Waals surface area contributed by atoms with Crippen LogP contribution in [-0.4, -0.2) is 18.8 Å². The van der Waals surface area contributed by atoms with Gasteiger partial charge in [-0.3, -0.25) is 0 Å². The van der Waals surface area contributed by atoms with Gasteiger partial charge in [0.05, 0.1) is 6.10 Å². The average molecular weight is 283 g/mol. The summed E-state index contributed by atoms with van der Waals surface area (Å²) in [5.41, 5.74) is 0.0922. The second-order valence-electron chi connectivity index (χ2n) is 6.08. The maximum Gasteiger partial charge on any atom is 0.130 e. The third-order valence-electron chi connectivity index (χ3n) is 4.43. The van der Waals surface area contributed by atoms with E-state index in [0.29, 0.717) is 6.61 Å². The molecule has 1 aliphatic rings. The first-order valence-electron chi connectivity index (χ1n) is 7.19. The molecule has 0 heterocycles. The SMILES string of the molecule is CCOC1CC(NC(C)c2c(F)cccc2F)C1(C)C. The molecular weight excluding hydrogens is 260 g/mol. The standard InChI is InChI=1S/C16H23F2NO/c1-5-20-14-9-13(16(14,3)4)19-10(2)15-11(17)7-6-8-12(15)18/h6-8,10,13-14,19H,5,9H2,1-4H3. The van der Waals surface area contributed by atoms with E-state index >= 15 is 0 Å². The molecule has 1 N–H and O–H groups in total. The van der Waals surface area contributed by atoms with E-state index in [1.807, 2.05) is 6.92 Å². The maximum atomic E-state index is 13.8. The van der Waals surface area contributed by atoms with Crippen LogP contribution in [0.1, 0.15) is 45.7 Å². The minimum absolute atomic E-state index is 0.0218. The quantitative estimate of drug-likeness (QED) is 0.887. The van der Waals surface area contributed by atoms with E-state index < -0.39 is 11.6 Å². The molecule has 0 aliphatic heterocycles. The summed E-state index contributed by atoms with van der Waals surface area (Å²) >= 11 is 0. The Kier molecular flexibility index (Phi) is 4.45. The van der Waals surface area contributed by atoms with Crippen LogP contribution in [0.3, 0.4) is 0 Å². The highest BCUT2D eigenvalue weighted by Crippen LogP contribution is 2.43. The van der Waals surface area contributed by atoms with Gasteiger partial charge in [-0.15, -0.1) is 0 Å². The molecule has 1 aromatic carbocycles. The van der Waals surface area contributed by atoms with Gasteiger partial charge in [-0.25, -0.2) is 8.78 Å². The molecule has 2 nitrogen and oxygen atoms in total. The molecule has 1 aromatic rings. The predicted molar refractivity (Wildman–Crippen MR) is 75.5 cm³/mol. The third-order valence-corrected chi connectivity index (χ3v) is 4.43. The summed E-state index contributed by atoms with van der Waals surface area (Å²) in [7, 11) is 0. The third kappa shape index (κ3) is 2.72. The van der Waals surface area contributed by atoms with E-state index in [2.05, 4.69) is 19.2 Å². The Hall–Kier alpha value is -1.00. The number of ether oxygens (including phenoxy) is 1. The fraction of sp³-hybridized carbons (Fsp3) is 0.625. The summed E-state index contributed by atoms with van der Waals surface area (Å²) in [5.74, 6) is -0.994. The van der Waals surface area contributed by atoms with Crippen LogP contribution in [-0.2, 0) is 4.74 Å². The zero-order valence-corrected chi connectivity index (χ0v) is 12.5. The van der Waals surface area contributed by atoms with Crippen molar-refractivity contribution in [3.63, 3.8) is 0 Å². The van der Waals surface area contributed by atoms with Gasteiger partial charge in [0.15, 0.2) is 0 Å². The topological polar surface area (TPSA) is 21.3 Å². The van der Waals surface area contributed by atoms with Gasteiger partial charge < -0.3 is 10.1 Å². The summed E-state index contributed by atoms with van der Waals surface area (Å²) in [6.07, 6.45) is 1.09. The number of benzene rings is 1. The molecule has 0 saturated heterocycles. The molecule has 20 heavy (non-hydrogen) atoms. The van der Waals surface area contributed by atoms with Crippen molar-refractivity contribution in [2.45, 2.75) is 52.3 Å². The number of hydrogen-bond donors (Lipinski definition) is 1. The molecule has 1 fully saturated rings. The minimum atomic E-state index is -0.497. The van der Waals surface area contributed by atoms with E-state index in [0.717, 1.165) is 6.42 Å². The van der Waals surface area contributed by atoms with Crippen molar-refractivity contribution in [2.24, 2.45) is 5.41 Å². The van der Waals surface area contributed by atoms with Crippen LogP contribution in [0.25, 0.3) is 0 Å². The van der Waals surface area contributed by atoms with E-state index in [4.69, 9.17) is 4.74 Å². The molecule has 0 aromatic heterocycles. The Morgan fingerprint density at radius 1 is 1.35 bits per heavy atom. The monoisotopic (exact) mass is 283 g/mol. The molecule has 3 atom stereocenters. The number of nitrogens with one attached hydrogen (secondary N) is 1. The minimum Gasteiger partial charge on any atom is -0.378 e. The molecule has 0 amide bonds. The highest BCUT2D eigenvalue weighted by Gasteiger charge is 2.49. The van der Waals surface area contributed by atoms with Crippen molar-refractivity contribution in [1.82, 2.24) is 5.32 Å². The van der Waals surface area contributed by atoms with Crippen LogP contribution in [0.2, 0.25) is 0 Å². The molecule has 1 aliphatic carbocycles. The van der Waals surface area contributed by atoms with E-state index in [1.54, 1.807) is 6.92 Å². The molecule has 0 radical (unpaired) electrons. The predicted octanol–water partition coefficient (Wildman–Crippen LogP) is 3.82.